The highest BCUT2D eigenvalue weighted by atomic mass is 16.1. The highest BCUT2D eigenvalue weighted by Crippen LogP contribution is 2.36. The van der Waals surface area contributed by atoms with Crippen molar-refractivity contribution in [3.05, 3.63) is 74.7 Å². The van der Waals surface area contributed by atoms with Crippen LogP contribution in [0.15, 0.2) is 52.2 Å². The first-order valence-corrected chi connectivity index (χ1v) is 11.0. The van der Waals surface area contributed by atoms with Gasteiger partial charge in [-0.15, -0.1) is 0 Å². The smallest absolute Gasteiger partial charge is 0.261 e. The number of rotatable bonds is 4. The Morgan fingerprint density at radius 1 is 1.03 bits per heavy atom. The number of benzene rings is 1. The van der Waals surface area contributed by atoms with Crippen molar-refractivity contribution in [1.82, 2.24) is 19.0 Å². The summed E-state index contributed by atoms with van der Waals surface area (Å²) in [4.78, 5) is 33.0. The van der Waals surface area contributed by atoms with Crippen LogP contribution < -0.4 is 11.1 Å². The van der Waals surface area contributed by atoms with Gasteiger partial charge in [0, 0.05) is 31.9 Å². The van der Waals surface area contributed by atoms with E-state index in [0.29, 0.717) is 11.9 Å². The van der Waals surface area contributed by atoms with Crippen LogP contribution in [0.4, 0.5) is 0 Å². The third kappa shape index (κ3) is 3.39. The molecule has 1 aliphatic heterocycles. The molecule has 1 atom stereocenters. The molecule has 3 aromatic rings. The van der Waals surface area contributed by atoms with E-state index in [1.54, 1.807) is 17.7 Å². The number of likely N-dealkylation sites (tertiary alicyclic amines) is 1. The molecule has 0 spiro atoms. The van der Waals surface area contributed by atoms with Gasteiger partial charge in [0.2, 0.25) is 0 Å². The topological polar surface area (TPSA) is 60.1 Å². The highest BCUT2D eigenvalue weighted by molar-refractivity contribution is 5.77. The molecule has 30 heavy (non-hydrogen) atoms. The molecule has 0 bridgehead atoms. The maximum absolute atomic E-state index is 13.5. The van der Waals surface area contributed by atoms with Crippen molar-refractivity contribution in [2.75, 3.05) is 6.54 Å². The molecule has 1 saturated heterocycles. The van der Waals surface area contributed by atoms with Crippen LogP contribution in [0.5, 0.6) is 0 Å². The van der Waals surface area contributed by atoms with Crippen LogP contribution in [0.3, 0.4) is 0 Å². The fourth-order valence-electron chi connectivity index (χ4n) is 5.14. The number of hydrogen-bond donors (Lipinski definition) is 0. The van der Waals surface area contributed by atoms with Crippen molar-refractivity contribution >= 4 is 10.9 Å². The highest BCUT2D eigenvalue weighted by Gasteiger charge is 2.33. The molecule has 2 aromatic heterocycles. The van der Waals surface area contributed by atoms with Crippen molar-refractivity contribution < 1.29 is 0 Å². The van der Waals surface area contributed by atoms with Gasteiger partial charge in [-0.25, -0.2) is 4.98 Å². The molecule has 3 heterocycles. The third-order valence-corrected chi connectivity index (χ3v) is 6.74. The second kappa shape index (κ2) is 7.84. The lowest BCUT2D eigenvalue weighted by atomic mass is 10.1. The molecule has 6 nitrogen and oxygen atoms in total. The first-order chi connectivity index (χ1) is 14.6. The summed E-state index contributed by atoms with van der Waals surface area (Å²) in [5.41, 5.74) is 1.91. The number of aryl methyl sites for hydroxylation is 1. The molecular weight excluding hydrogens is 376 g/mol. The third-order valence-electron chi connectivity index (χ3n) is 6.74. The largest absolute Gasteiger partial charge is 0.319 e. The summed E-state index contributed by atoms with van der Waals surface area (Å²) < 4.78 is 3.61. The lowest BCUT2D eigenvalue weighted by molar-refractivity contribution is 0.228. The second-order valence-corrected chi connectivity index (χ2v) is 8.71. The van der Waals surface area contributed by atoms with Crippen molar-refractivity contribution in [3.8, 4) is 0 Å². The van der Waals surface area contributed by atoms with Crippen LogP contribution in [-0.2, 0) is 13.6 Å². The number of pyridine rings is 1. The first-order valence-electron chi connectivity index (χ1n) is 11.0. The SMILES string of the molecule is Cn1ccc(CN2CCCC2c2nc3ccccc3c(=O)n2C2CCCC2)cc1=O. The van der Waals surface area contributed by atoms with Gasteiger partial charge in [0.1, 0.15) is 5.82 Å². The Balaban J connectivity index is 1.58. The van der Waals surface area contributed by atoms with E-state index in [2.05, 4.69) is 4.90 Å². The summed E-state index contributed by atoms with van der Waals surface area (Å²) in [6, 6.07) is 11.8. The summed E-state index contributed by atoms with van der Waals surface area (Å²) in [5.74, 6) is 0.909. The molecule has 2 fully saturated rings. The van der Waals surface area contributed by atoms with Crippen LogP contribution in [0.1, 0.15) is 62.0 Å². The molecule has 5 rings (SSSR count). The Bertz CT molecular complexity index is 1190. The van der Waals surface area contributed by atoms with Crippen molar-refractivity contribution in [3.63, 3.8) is 0 Å². The molecule has 0 amide bonds. The minimum Gasteiger partial charge on any atom is -0.319 e. The number of hydrogen-bond acceptors (Lipinski definition) is 4. The zero-order valence-corrected chi connectivity index (χ0v) is 17.5. The van der Waals surface area contributed by atoms with E-state index in [-0.39, 0.29) is 23.2 Å². The van der Waals surface area contributed by atoms with E-state index in [1.165, 1.54) is 12.8 Å². The number of nitrogens with zero attached hydrogens (tertiary/aromatic N) is 4. The van der Waals surface area contributed by atoms with E-state index in [1.807, 2.05) is 41.1 Å². The van der Waals surface area contributed by atoms with E-state index in [0.717, 1.165) is 49.1 Å². The van der Waals surface area contributed by atoms with Gasteiger partial charge in [0.25, 0.3) is 11.1 Å². The first kappa shape index (κ1) is 19.2. The number of fused-ring (bicyclic) bond motifs is 1. The van der Waals surface area contributed by atoms with Gasteiger partial charge in [-0.2, -0.15) is 0 Å². The standard InChI is InChI=1S/C24H28N4O2/c1-26-14-12-17(15-22(26)29)16-27-13-6-11-21(27)23-25-20-10-5-4-9-19(20)24(30)28(23)18-7-2-3-8-18/h4-5,9-10,12,14-15,18,21H,2-3,6-8,11,13,16H2,1H3. The van der Waals surface area contributed by atoms with Crippen molar-refractivity contribution in [2.24, 2.45) is 7.05 Å². The van der Waals surface area contributed by atoms with Gasteiger partial charge < -0.3 is 4.57 Å². The summed E-state index contributed by atoms with van der Waals surface area (Å²) >= 11 is 0. The number of aromatic nitrogens is 3. The zero-order chi connectivity index (χ0) is 20.7. The molecule has 0 N–H and O–H groups in total. The molecule has 1 unspecified atom stereocenters. The molecule has 2 aliphatic rings. The molecule has 6 heteroatoms. The van der Waals surface area contributed by atoms with Crippen LogP contribution in [0.2, 0.25) is 0 Å². The van der Waals surface area contributed by atoms with Crippen LogP contribution in [0.25, 0.3) is 10.9 Å². The molecule has 0 radical (unpaired) electrons. The van der Waals surface area contributed by atoms with Crippen molar-refractivity contribution in [1.29, 1.82) is 0 Å². The lowest BCUT2D eigenvalue weighted by Crippen LogP contribution is -2.34. The minimum atomic E-state index is 0.00920. The average Bonchev–Trinajstić information content (AvgIpc) is 3.43. The fourth-order valence-corrected chi connectivity index (χ4v) is 5.14. The Morgan fingerprint density at radius 2 is 1.83 bits per heavy atom. The van der Waals surface area contributed by atoms with Gasteiger partial charge in [0.15, 0.2) is 0 Å². The second-order valence-electron chi connectivity index (χ2n) is 8.71. The summed E-state index contributed by atoms with van der Waals surface area (Å²) in [6.07, 6.45) is 8.33. The number of para-hydroxylation sites is 1. The predicted molar refractivity (Wildman–Crippen MR) is 118 cm³/mol. The zero-order valence-electron chi connectivity index (χ0n) is 17.5. The van der Waals surface area contributed by atoms with Crippen molar-refractivity contribution in [2.45, 2.75) is 57.2 Å². The predicted octanol–water partition coefficient (Wildman–Crippen LogP) is 3.55. The normalized spacial score (nSPS) is 20.4. The van der Waals surface area contributed by atoms with Crippen LogP contribution in [-0.4, -0.2) is 25.6 Å². The van der Waals surface area contributed by atoms with E-state index >= 15 is 0 Å². The maximum Gasteiger partial charge on any atom is 0.261 e. The van der Waals surface area contributed by atoms with Gasteiger partial charge in [-0.1, -0.05) is 25.0 Å². The Kier molecular flexibility index (Phi) is 5.03. The summed E-state index contributed by atoms with van der Waals surface area (Å²) in [6.45, 7) is 1.65. The van der Waals surface area contributed by atoms with Crippen LogP contribution >= 0.6 is 0 Å². The monoisotopic (exact) mass is 404 g/mol. The van der Waals surface area contributed by atoms with E-state index in [9.17, 15) is 9.59 Å². The molecule has 1 aliphatic carbocycles. The fraction of sp³-hybridized carbons (Fsp3) is 0.458. The van der Waals surface area contributed by atoms with E-state index in [4.69, 9.17) is 4.98 Å². The minimum absolute atomic E-state index is 0.00920. The molecular formula is C24H28N4O2. The van der Waals surface area contributed by atoms with E-state index < -0.39 is 0 Å². The van der Waals surface area contributed by atoms with Gasteiger partial charge in [0.05, 0.1) is 16.9 Å². The van der Waals surface area contributed by atoms with Gasteiger partial charge >= 0.3 is 0 Å². The Labute approximate surface area is 175 Å². The molecule has 1 aromatic carbocycles. The Hall–Kier alpha value is -2.73. The summed E-state index contributed by atoms with van der Waals surface area (Å²) in [5, 5.41) is 0.712. The lowest BCUT2D eigenvalue weighted by Gasteiger charge is -2.28. The Morgan fingerprint density at radius 3 is 2.63 bits per heavy atom. The van der Waals surface area contributed by atoms with Gasteiger partial charge in [-0.05, 0) is 56.0 Å². The quantitative estimate of drug-likeness (QED) is 0.667. The maximum atomic E-state index is 13.5. The molecule has 1 saturated carbocycles. The van der Waals surface area contributed by atoms with Gasteiger partial charge in [-0.3, -0.25) is 19.1 Å². The average molecular weight is 405 g/mol. The molecule has 156 valence electrons. The van der Waals surface area contributed by atoms with Crippen LogP contribution in [0, 0.1) is 0 Å². The summed E-state index contributed by atoms with van der Waals surface area (Å²) in [7, 11) is 1.77.